The Morgan fingerprint density at radius 2 is 1.72 bits per heavy atom. The molecule has 0 aliphatic carbocycles. The maximum absolute atomic E-state index is 12.9. The third-order valence-electron chi connectivity index (χ3n) is 6.25. The van der Waals surface area contributed by atoms with Crippen LogP contribution in [0.25, 0.3) is 0 Å². The van der Waals surface area contributed by atoms with Crippen molar-refractivity contribution in [1.82, 2.24) is 15.5 Å². The first-order valence-electron chi connectivity index (χ1n) is 11.6. The Bertz CT molecular complexity index is 1020. The number of carbonyl (C=O) groups is 4. The van der Waals surface area contributed by atoms with Crippen molar-refractivity contribution in [3.8, 4) is 5.75 Å². The molecule has 0 radical (unpaired) electrons. The fourth-order valence-electron chi connectivity index (χ4n) is 2.91. The first-order chi connectivity index (χ1) is 16.6. The van der Waals surface area contributed by atoms with Gasteiger partial charge in [0, 0.05) is 25.7 Å². The second kappa shape index (κ2) is 12.9. The van der Waals surface area contributed by atoms with E-state index < -0.39 is 0 Å². The van der Waals surface area contributed by atoms with Gasteiger partial charge in [0.05, 0.1) is 25.8 Å². The van der Waals surface area contributed by atoms with Crippen molar-refractivity contribution in [1.29, 1.82) is 0 Å². The summed E-state index contributed by atoms with van der Waals surface area (Å²) in [5.41, 5.74) is 1.46. The van der Waals surface area contributed by atoms with Crippen LogP contribution in [-0.2, 0) is 24.5 Å². The van der Waals surface area contributed by atoms with E-state index in [-0.39, 0.29) is 59.9 Å². The minimum absolute atomic E-state index is 0.0189. The number of carbonyl (C=O) groups excluding carboxylic acids is 4. The van der Waals surface area contributed by atoms with Gasteiger partial charge in [0.2, 0.25) is 11.8 Å². The molecular formula is C27H39N3O6. The molecule has 1 heterocycles. The highest BCUT2D eigenvalue weighted by Gasteiger charge is 2.35. The maximum atomic E-state index is 12.9. The van der Waals surface area contributed by atoms with E-state index >= 15 is 0 Å². The molecular weight excluding hydrogens is 462 g/mol. The van der Waals surface area contributed by atoms with Crippen molar-refractivity contribution < 1.29 is 28.7 Å². The average molecular weight is 502 g/mol. The monoisotopic (exact) mass is 501 g/mol. The number of rotatable bonds is 1. The lowest BCUT2D eigenvalue weighted by molar-refractivity contribution is -0.138. The molecule has 9 heteroatoms. The minimum atomic E-state index is -0.385. The zero-order chi connectivity index (χ0) is 27.7. The van der Waals surface area contributed by atoms with Gasteiger partial charge in [-0.25, -0.2) is 0 Å². The normalized spacial score (nSPS) is 16.6. The molecule has 36 heavy (non-hydrogen) atoms. The fraction of sp³-hybridized carbons (Fsp3) is 0.481. The third-order valence-corrected chi connectivity index (χ3v) is 6.25. The van der Waals surface area contributed by atoms with Gasteiger partial charge >= 0.3 is 5.97 Å². The number of hydrogen-bond donors (Lipinski definition) is 2. The zero-order valence-electron chi connectivity index (χ0n) is 22.6. The van der Waals surface area contributed by atoms with Crippen LogP contribution in [0.4, 0.5) is 0 Å². The number of likely N-dealkylation sites (N-methyl/N-ethyl adjacent to an activating group) is 1. The summed E-state index contributed by atoms with van der Waals surface area (Å²) in [5.74, 6) is -0.861. The van der Waals surface area contributed by atoms with Crippen LogP contribution < -0.4 is 15.4 Å². The summed E-state index contributed by atoms with van der Waals surface area (Å²) in [6.45, 7) is 16.3. The van der Waals surface area contributed by atoms with Crippen LogP contribution >= 0.6 is 0 Å². The largest absolute Gasteiger partial charge is 0.491 e. The van der Waals surface area contributed by atoms with Crippen LogP contribution in [0.3, 0.4) is 0 Å². The number of esters is 1. The number of methoxy groups -OCH3 is 1. The lowest BCUT2D eigenvalue weighted by Gasteiger charge is -2.39. The topological polar surface area (TPSA) is 114 Å². The molecule has 1 aliphatic rings. The number of fused-ring (bicyclic) bond motifs is 1. The van der Waals surface area contributed by atoms with Gasteiger partial charge in [0.1, 0.15) is 12.4 Å². The standard InChI is InChI=1S/C24H33N3O4.C3H6O2/c1-16-8-11-21(29)27(7)15-20(28)25-12-13-31-19-14-17(24(5,6)23(2,3)4)9-10-18(19)22(30)26-16;1-3(4)5-2/h8-11,14H,1,12-13,15H2,2-7H3,(H,25,28)(H,26,30);1-2H3/b11-8+;. The highest BCUT2D eigenvalue weighted by atomic mass is 16.5. The summed E-state index contributed by atoms with van der Waals surface area (Å²) in [5, 5.41) is 5.41. The van der Waals surface area contributed by atoms with E-state index in [0.29, 0.717) is 11.3 Å². The lowest BCUT2D eigenvalue weighted by atomic mass is 9.65. The summed E-state index contributed by atoms with van der Waals surface area (Å²) >= 11 is 0. The molecule has 0 fully saturated rings. The number of amides is 3. The SMILES string of the molecule is C=C1/C=C/C(=O)N(C)CC(=O)NCCOc2cc(C(C)(C)C(C)(C)C)ccc2C(=O)N1.COC(C)=O. The van der Waals surface area contributed by atoms with Crippen LogP contribution in [0.2, 0.25) is 0 Å². The number of hydrogen-bond acceptors (Lipinski definition) is 6. The van der Waals surface area contributed by atoms with Crippen molar-refractivity contribution in [2.24, 2.45) is 5.41 Å². The quantitative estimate of drug-likeness (QED) is 0.572. The smallest absolute Gasteiger partial charge is 0.302 e. The van der Waals surface area contributed by atoms with Gasteiger partial charge in [-0.2, -0.15) is 0 Å². The summed E-state index contributed by atoms with van der Waals surface area (Å²) in [6, 6.07) is 5.55. The first-order valence-corrected chi connectivity index (χ1v) is 11.6. The van der Waals surface area contributed by atoms with Gasteiger partial charge < -0.3 is 25.0 Å². The molecule has 0 unspecified atom stereocenters. The first kappa shape index (κ1) is 30.4. The van der Waals surface area contributed by atoms with Crippen LogP contribution in [0.1, 0.15) is 57.5 Å². The van der Waals surface area contributed by atoms with Crippen molar-refractivity contribution in [2.45, 2.75) is 47.0 Å². The Morgan fingerprint density at radius 3 is 2.28 bits per heavy atom. The average Bonchev–Trinajstić information content (AvgIpc) is 2.79. The summed E-state index contributed by atoms with van der Waals surface area (Å²) in [4.78, 5) is 47.9. The van der Waals surface area contributed by atoms with E-state index in [1.807, 2.05) is 12.1 Å². The Kier molecular flexibility index (Phi) is 10.9. The zero-order valence-corrected chi connectivity index (χ0v) is 22.6. The molecule has 0 saturated heterocycles. The van der Waals surface area contributed by atoms with Crippen molar-refractivity contribution in [2.75, 3.05) is 33.9 Å². The third kappa shape index (κ3) is 8.87. The fourth-order valence-corrected chi connectivity index (χ4v) is 2.91. The lowest BCUT2D eigenvalue weighted by Crippen LogP contribution is -2.39. The molecule has 9 nitrogen and oxygen atoms in total. The van der Waals surface area contributed by atoms with E-state index in [0.717, 1.165) is 5.56 Å². The molecule has 0 bridgehead atoms. The van der Waals surface area contributed by atoms with Crippen LogP contribution in [-0.4, -0.2) is 62.4 Å². The number of nitrogens with one attached hydrogen (secondary N) is 2. The van der Waals surface area contributed by atoms with Crippen molar-refractivity contribution in [3.63, 3.8) is 0 Å². The number of ether oxygens (including phenoxy) is 2. The summed E-state index contributed by atoms with van der Waals surface area (Å²) in [7, 11) is 2.87. The molecule has 1 aromatic rings. The highest BCUT2D eigenvalue weighted by Crippen LogP contribution is 2.42. The van der Waals surface area contributed by atoms with Gasteiger partial charge in [-0.1, -0.05) is 47.3 Å². The highest BCUT2D eigenvalue weighted by molar-refractivity contribution is 5.98. The predicted molar refractivity (Wildman–Crippen MR) is 139 cm³/mol. The molecule has 2 rings (SSSR count). The Morgan fingerprint density at radius 1 is 1.11 bits per heavy atom. The van der Waals surface area contributed by atoms with E-state index in [1.54, 1.807) is 6.07 Å². The second-order valence-corrected chi connectivity index (χ2v) is 9.99. The van der Waals surface area contributed by atoms with Crippen molar-refractivity contribution in [3.05, 3.63) is 53.8 Å². The summed E-state index contributed by atoms with van der Waals surface area (Å²) in [6.07, 6.45) is 2.67. The molecule has 0 atom stereocenters. The van der Waals surface area contributed by atoms with E-state index in [1.165, 1.54) is 38.1 Å². The maximum Gasteiger partial charge on any atom is 0.302 e. The molecule has 198 valence electrons. The molecule has 0 spiro atoms. The van der Waals surface area contributed by atoms with Crippen molar-refractivity contribution >= 4 is 23.7 Å². The Labute approximate surface area is 213 Å². The van der Waals surface area contributed by atoms with Gasteiger partial charge in [-0.15, -0.1) is 0 Å². The van der Waals surface area contributed by atoms with E-state index in [2.05, 4.69) is 56.6 Å². The van der Waals surface area contributed by atoms with Crippen LogP contribution in [0.15, 0.2) is 42.6 Å². The van der Waals surface area contributed by atoms with E-state index in [4.69, 9.17) is 4.74 Å². The molecule has 1 aromatic carbocycles. The molecule has 0 saturated carbocycles. The Hall–Kier alpha value is -3.62. The second-order valence-electron chi connectivity index (χ2n) is 9.99. The van der Waals surface area contributed by atoms with Gasteiger partial charge in [-0.05, 0) is 34.6 Å². The van der Waals surface area contributed by atoms with Gasteiger partial charge in [-0.3, -0.25) is 19.2 Å². The predicted octanol–water partition coefficient (Wildman–Crippen LogP) is 2.96. The van der Waals surface area contributed by atoms with Crippen LogP contribution in [0.5, 0.6) is 5.75 Å². The number of benzene rings is 1. The number of allylic oxidation sites excluding steroid dienone is 1. The van der Waals surface area contributed by atoms with Gasteiger partial charge in [0.25, 0.3) is 5.91 Å². The minimum Gasteiger partial charge on any atom is -0.491 e. The number of nitrogens with zero attached hydrogens (tertiary/aromatic N) is 1. The Balaban J connectivity index is 0.00000118. The van der Waals surface area contributed by atoms with E-state index in [9.17, 15) is 19.2 Å². The molecule has 2 N–H and O–H groups in total. The molecule has 1 aliphatic heterocycles. The van der Waals surface area contributed by atoms with Gasteiger partial charge in [0.15, 0.2) is 0 Å². The molecule has 3 amide bonds. The van der Waals surface area contributed by atoms with Crippen LogP contribution in [0, 0.1) is 5.41 Å². The summed E-state index contributed by atoms with van der Waals surface area (Å²) < 4.78 is 10.0. The molecule has 0 aromatic heterocycles.